The molecular weight excluding hydrogens is 340 g/mol. The van der Waals surface area contributed by atoms with Gasteiger partial charge in [-0.1, -0.05) is 37.9 Å². The highest BCUT2D eigenvalue weighted by Crippen LogP contribution is 2.46. The first kappa shape index (κ1) is 14.0. The number of alkyl halides is 2. The molecule has 0 aromatic heterocycles. The van der Waals surface area contributed by atoms with Gasteiger partial charge in [0.1, 0.15) is 8.98 Å². The number of halogens is 2. The van der Waals surface area contributed by atoms with E-state index in [0.717, 1.165) is 5.56 Å². The third-order valence-corrected chi connectivity index (χ3v) is 3.84. The standard InChI is InChI=1S/C11H14Br2O3/c1-6-3-7(2)10(16)9(8(6)4-14)11(12,13)5-15/h3,14-16H,4-5H2,1-2H3. The van der Waals surface area contributed by atoms with Gasteiger partial charge < -0.3 is 15.3 Å². The molecule has 0 aliphatic carbocycles. The Hall–Kier alpha value is -0.100. The Labute approximate surface area is 111 Å². The molecule has 0 spiro atoms. The van der Waals surface area contributed by atoms with Gasteiger partial charge in [-0.3, -0.25) is 0 Å². The molecule has 0 bridgehead atoms. The number of aliphatic hydroxyl groups excluding tert-OH is 2. The number of benzene rings is 1. The molecule has 3 nitrogen and oxygen atoms in total. The van der Waals surface area contributed by atoms with Crippen molar-refractivity contribution in [2.24, 2.45) is 0 Å². The molecule has 1 rings (SSSR count). The summed E-state index contributed by atoms with van der Waals surface area (Å²) in [5.74, 6) is 0.0810. The number of aliphatic hydroxyl groups is 2. The van der Waals surface area contributed by atoms with Crippen LogP contribution in [0, 0.1) is 13.8 Å². The lowest BCUT2D eigenvalue weighted by Crippen LogP contribution is -2.18. The van der Waals surface area contributed by atoms with E-state index in [1.54, 1.807) is 13.0 Å². The molecule has 0 unspecified atom stereocenters. The summed E-state index contributed by atoms with van der Waals surface area (Å²) in [7, 11) is 0. The monoisotopic (exact) mass is 352 g/mol. The van der Waals surface area contributed by atoms with Crippen molar-refractivity contribution in [1.82, 2.24) is 0 Å². The zero-order valence-electron chi connectivity index (χ0n) is 9.09. The van der Waals surface area contributed by atoms with Crippen LogP contribution in [0.3, 0.4) is 0 Å². The van der Waals surface area contributed by atoms with E-state index in [1.807, 2.05) is 6.92 Å². The minimum atomic E-state index is -0.932. The molecule has 16 heavy (non-hydrogen) atoms. The highest BCUT2D eigenvalue weighted by Gasteiger charge is 2.31. The fourth-order valence-electron chi connectivity index (χ4n) is 1.69. The van der Waals surface area contributed by atoms with Gasteiger partial charge in [-0.05, 0) is 30.5 Å². The normalized spacial score (nSPS) is 11.9. The van der Waals surface area contributed by atoms with Crippen LogP contribution in [-0.2, 0) is 9.84 Å². The molecule has 3 N–H and O–H groups in total. The predicted octanol–water partition coefficient (Wildman–Crippen LogP) is 2.44. The minimum Gasteiger partial charge on any atom is -0.507 e. The molecule has 0 aliphatic rings. The van der Waals surface area contributed by atoms with E-state index >= 15 is 0 Å². The molecule has 0 saturated carbocycles. The fourth-order valence-corrected chi connectivity index (χ4v) is 2.55. The molecule has 0 heterocycles. The van der Waals surface area contributed by atoms with Gasteiger partial charge in [0.2, 0.25) is 0 Å². The Kier molecular flexibility index (Phi) is 4.40. The first-order valence-corrected chi connectivity index (χ1v) is 6.35. The van der Waals surface area contributed by atoms with Crippen molar-refractivity contribution in [2.45, 2.75) is 23.7 Å². The van der Waals surface area contributed by atoms with E-state index in [2.05, 4.69) is 31.9 Å². The molecule has 1 aromatic carbocycles. The summed E-state index contributed by atoms with van der Waals surface area (Å²) in [6.45, 7) is 3.21. The fraction of sp³-hybridized carbons (Fsp3) is 0.455. The van der Waals surface area contributed by atoms with E-state index < -0.39 is 3.23 Å². The Bertz CT molecular complexity index is 403. The Morgan fingerprint density at radius 1 is 1.19 bits per heavy atom. The average Bonchev–Trinajstić information content (AvgIpc) is 2.22. The van der Waals surface area contributed by atoms with Gasteiger partial charge >= 0.3 is 0 Å². The van der Waals surface area contributed by atoms with Gasteiger partial charge in [0, 0.05) is 5.56 Å². The lowest BCUT2D eigenvalue weighted by molar-refractivity contribution is 0.269. The van der Waals surface area contributed by atoms with E-state index in [9.17, 15) is 15.3 Å². The van der Waals surface area contributed by atoms with Crippen molar-refractivity contribution in [3.8, 4) is 5.75 Å². The van der Waals surface area contributed by atoms with E-state index in [-0.39, 0.29) is 19.0 Å². The lowest BCUT2D eigenvalue weighted by atomic mass is 9.96. The maximum absolute atomic E-state index is 10.0. The van der Waals surface area contributed by atoms with Crippen LogP contribution in [0.15, 0.2) is 6.07 Å². The van der Waals surface area contributed by atoms with Crippen LogP contribution in [-0.4, -0.2) is 21.9 Å². The van der Waals surface area contributed by atoms with Crippen LogP contribution in [0.5, 0.6) is 5.75 Å². The number of aryl methyl sites for hydroxylation is 2. The second kappa shape index (κ2) is 5.04. The number of hydrogen-bond donors (Lipinski definition) is 3. The van der Waals surface area contributed by atoms with Crippen molar-refractivity contribution < 1.29 is 15.3 Å². The molecule has 0 aliphatic heterocycles. The first-order valence-electron chi connectivity index (χ1n) is 4.77. The molecule has 90 valence electrons. The van der Waals surface area contributed by atoms with E-state index in [1.165, 1.54) is 0 Å². The second-order valence-corrected chi connectivity index (χ2v) is 7.50. The van der Waals surface area contributed by atoms with Crippen LogP contribution in [0.4, 0.5) is 0 Å². The molecule has 0 fully saturated rings. The molecule has 5 heteroatoms. The van der Waals surface area contributed by atoms with Crippen molar-refractivity contribution in [3.05, 3.63) is 28.3 Å². The smallest absolute Gasteiger partial charge is 0.132 e. The number of hydrogen-bond acceptors (Lipinski definition) is 3. The Morgan fingerprint density at radius 2 is 1.75 bits per heavy atom. The van der Waals surface area contributed by atoms with Gasteiger partial charge in [-0.15, -0.1) is 0 Å². The summed E-state index contributed by atoms with van der Waals surface area (Å²) in [5.41, 5.74) is 2.69. The molecule has 1 aromatic rings. The zero-order chi connectivity index (χ0) is 12.5. The van der Waals surface area contributed by atoms with E-state index in [0.29, 0.717) is 16.7 Å². The van der Waals surface area contributed by atoms with Gasteiger partial charge in [0.15, 0.2) is 0 Å². The predicted molar refractivity (Wildman–Crippen MR) is 70.1 cm³/mol. The van der Waals surface area contributed by atoms with Crippen molar-refractivity contribution in [2.75, 3.05) is 6.61 Å². The number of aromatic hydroxyl groups is 1. The number of phenolic OH excluding ortho intramolecular Hbond substituents is 1. The summed E-state index contributed by atoms with van der Waals surface area (Å²) >= 11 is 6.59. The van der Waals surface area contributed by atoms with Crippen LogP contribution >= 0.6 is 31.9 Å². The van der Waals surface area contributed by atoms with Crippen LogP contribution in [0.25, 0.3) is 0 Å². The molecule has 0 atom stereocenters. The molecule has 0 saturated heterocycles. The first-order chi connectivity index (χ1) is 7.35. The Balaban J connectivity index is 3.57. The SMILES string of the molecule is Cc1cc(C)c(CO)c(C(Br)(Br)CO)c1O. The van der Waals surface area contributed by atoms with Gasteiger partial charge in [0.05, 0.1) is 13.2 Å². The highest BCUT2D eigenvalue weighted by molar-refractivity contribution is 9.24. The van der Waals surface area contributed by atoms with E-state index in [4.69, 9.17) is 0 Å². The zero-order valence-corrected chi connectivity index (χ0v) is 12.3. The largest absolute Gasteiger partial charge is 0.507 e. The van der Waals surface area contributed by atoms with Gasteiger partial charge in [0.25, 0.3) is 0 Å². The molecule has 0 amide bonds. The van der Waals surface area contributed by atoms with Gasteiger partial charge in [-0.25, -0.2) is 0 Å². The van der Waals surface area contributed by atoms with Crippen molar-refractivity contribution >= 4 is 31.9 Å². The number of phenols is 1. The maximum Gasteiger partial charge on any atom is 0.132 e. The van der Waals surface area contributed by atoms with Crippen LogP contribution < -0.4 is 0 Å². The van der Waals surface area contributed by atoms with Crippen LogP contribution in [0.2, 0.25) is 0 Å². The third kappa shape index (κ3) is 2.42. The summed E-state index contributed by atoms with van der Waals surface area (Å²) in [6.07, 6.45) is 0. The van der Waals surface area contributed by atoms with Crippen molar-refractivity contribution in [3.63, 3.8) is 0 Å². The van der Waals surface area contributed by atoms with Gasteiger partial charge in [-0.2, -0.15) is 0 Å². The minimum absolute atomic E-state index is 0.0810. The average molecular weight is 354 g/mol. The molecule has 0 radical (unpaired) electrons. The van der Waals surface area contributed by atoms with Crippen LogP contribution in [0.1, 0.15) is 22.3 Å². The number of rotatable bonds is 3. The summed E-state index contributed by atoms with van der Waals surface area (Å²) in [4.78, 5) is 0. The Morgan fingerprint density at radius 3 is 2.19 bits per heavy atom. The topological polar surface area (TPSA) is 60.7 Å². The maximum atomic E-state index is 10.0. The third-order valence-electron chi connectivity index (χ3n) is 2.54. The highest BCUT2D eigenvalue weighted by atomic mass is 79.9. The molecular formula is C11H14Br2O3. The summed E-state index contributed by atoms with van der Waals surface area (Å²) in [5, 5.41) is 28.6. The van der Waals surface area contributed by atoms with Crippen molar-refractivity contribution in [1.29, 1.82) is 0 Å². The quantitative estimate of drug-likeness (QED) is 0.731. The summed E-state index contributed by atoms with van der Waals surface area (Å²) in [6, 6.07) is 1.80. The lowest BCUT2D eigenvalue weighted by Gasteiger charge is -2.24. The second-order valence-electron chi connectivity index (χ2n) is 3.73. The summed E-state index contributed by atoms with van der Waals surface area (Å²) < 4.78 is -0.932.